The fourth-order valence-corrected chi connectivity index (χ4v) is 2.14. The molecule has 110 valence electrons. The number of rotatable bonds is 3. The van der Waals surface area contributed by atoms with Crippen molar-refractivity contribution in [1.29, 1.82) is 0 Å². The maximum absolute atomic E-state index is 12.0. The minimum atomic E-state index is -0.625. The molecule has 0 bridgehead atoms. The van der Waals surface area contributed by atoms with Gasteiger partial charge in [-0.15, -0.1) is 12.4 Å². The van der Waals surface area contributed by atoms with E-state index in [0.717, 1.165) is 19.4 Å². The zero-order valence-electron chi connectivity index (χ0n) is 11.0. The SMILES string of the molecule is Cl.NC(=O)Nc1cccc(NC(=O)[C@@H]2CCCNC2)c1. The molecule has 7 heteroatoms. The number of nitrogens with one attached hydrogen (secondary N) is 3. The van der Waals surface area contributed by atoms with Crippen molar-refractivity contribution in [2.75, 3.05) is 23.7 Å². The number of benzene rings is 1. The van der Waals surface area contributed by atoms with Crippen molar-refractivity contribution in [1.82, 2.24) is 5.32 Å². The maximum atomic E-state index is 12.0. The van der Waals surface area contributed by atoms with E-state index in [0.29, 0.717) is 17.9 Å². The average Bonchev–Trinajstić information content (AvgIpc) is 2.39. The molecule has 0 saturated carbocycles. The van der Waals surface area contributed by atoms with Gasteiger partial charge in [0.15, 0.2) is 0 Å². The van der Waals surface area contributed by atoms with E-state index in [-0.39, 0.29) is 24.2 Å². The lowest BCUT2D eigenvalue weighted by Gasteiger charge is -2.22. The summed E-state index contributed by atoms with van der Waals surface area (Å²) in [6.45, 7) is 1.69. The summed E-state index contributed by atoms with van der Waals surface area (Å²) in [6.07, 6.45) is 1.92. The number of hydrogen-bond acceptors (Lipinski definition) is 3. The molecule has 2 rings (SSSR count). The summed E-state index contributed by atoms with van der Waals surface area (Å²) in [5, 5.41) is 8.53. The second-order valence-electron chi connectivity index (χ2n) is 4.60. The van der Waals surface area contributed by atoms with Gasteiger partial charge in [0.2, 0.25) is 5.91 Å². The van der Waals surface area contributed by atoms with Crippen molar-refractivity contribution < 1.29 is 9.59 Å². The van der Waals surface area contributed by atoms with Crippen molar-refractivity contribution in [3.63, 3.8) is 0 Å². The van der Waals surface area contributed by atoms with Gasteiger partial charge in [0, 0.05) is 17.9 Å². The van der Waals surface area contributed by atoms with Gasteiger partial charge in [0.05, 0.1) is 5.92 Å². The average molecular weight is 299 g/mol. The number of anilines is 2. The van der Waals surface area contributed by atoms with Crippen LogP contribution in [0.25, 0.3) is 0 Å². The van der Waals surface area contributed by atoms with Crippen molar-refractivity contribution in [2.24, 2.45) is 11.7 Å². The normalized spacial score (nSPS) is 17.7. The van der Waals surface area contributed by atoms with E-state index in [4.69, 9.17) is 5.73 Å². The molecule has 1 aromatic carbocycles. The first-order valence-corrected chi connectivity index (χ1v) is 6.33. The Morgan fingerprint density at radius 3 is 2.55 bits per heavy atom. The molecule has 1 aliphatic rings. The number of piperidine rings is 1. The highest BCUT2D eigenvalue weighted by molar-refractivity contribution is 5.94. The van der Waals surface area contributed by atoms with Gasteiger partial charge in [0.1, 0.15) is 0 Å². The third-order valence-corrected chi connectivity index (χ3v) is 3.07. The molecule has 0 radical (unpaired) electrons. The zero-order valence-corrected chi connectivity index (χ0v) is 11.8. The molecule has 0 aliphatic carbocycles. The first kappa shape index (κ1) is 16.3. The van der Waals surface area contributed by atoms with Crippen LogP contribution in [-0.4, -0.2) is 25.0 Å². The summed E-state index contributed by atoms with van der Waals surface area (Å²) in [5.41, 5.74) is 6.26. The lowest BCUT2D eigenvalue weighted by Crippen LogP contribution is -2.37. The summed E-state index contributed by atoms with van der Waals surface area (Å²) in [6, 6.07) is 6.29. The fourth-order valence-electron chi connectivity index (χ4n) is 2.14. The Balaban J connectivity index is 0.00000200. The van der Waals surface area contributed by atoms with Crippen LogP contribution in [0.1, 0.15) is 12.8 Å². The summed E-state index contributed by atoms with van der Waals surface area (Å²) in [4.78, 5) is 22.8. The summed E-state index contributed by atoms with van der Waals surface area (Å²) < 4.78 is 0. The van der Waals surface area contributed by atoms with Crippen LogP contribution in [0.4, 0.5) is 16.2 Å². The smallest absolute Gasteiger partial charge is 0.316 e. The summed E-state index contributed by atoms with van der Waals surface area (Å²) in [5.74, 6) is 0.00457. The standard InChI is InChI=1S/C13H18N4O2.ClH/c14-13(19)17-11-5-1-4-10(7-11)16-12(18)9-3-2-6-15-8-9;/h1,4-5,7,9,15H,2-3,6,8H2,(H,16,18)(H3,14,17,19);1H/t9-;/m1./s1. The molecule has 1 saturated heterocycles. The molecule has 20 heavy (non-hydrogen) atoms. The largest absolute Gasteiger partial charge is 0.351 e. The third-order valence-electron chi connectivity index (χ3n) is 3.07. The first-order chi connectivity index (χ1) is 9.15. The fraction of sp³-hybridized carbons (Fsp3) is 0.385. The van der Waals surface area contributed by atoms with Gasteiger partial charge < -0.3 is 21.7 Å². The quantitative estimate of drug-likeness (QED) is 0.681. The van der Waals surface area contributed by atoms with Crippen molar-refractivity contribution in [3.8, 4) is 0 Å². The van der Waals surface area contributed by atoms with E-state index in [9.17, 15) is 9.59 Å². The van der Waals surface area contributed by atoms with E-state index < -0.39 is 6.03 Å². The van der Waals surface area contributed by atoms with Gasteiger partial charge in [-0.25, -0.2) is 4.79 Å². The lowest BCUT2D eigenvalue weighted by atomic mass is 9.99. The predicted molar refractivity (Wildman–Crippen MR) is 81.1 cm³/mol. The number of urea groups is 1. The Labute approximate surface area is 123 Å². The Morgan fingerprint density at radius 1 is 1.25 bits per heavy atom. The molecule has 0 unspecified atom stereocenters. The number of hydrogen-bond donors (Lipinski definition) is 4. The first-order valence-electron chi connectivity index (χ1n) is 6.33. The molecular formula is C13H19ClN4O2. The Morgan fingerprint density at radius 2 is 1.95 bits per heavy atom. The van der Waals surface area contributed by atoms with E-state index in [1.165, 1.54) is 0 Å². The third kappa shape index (κ3) is 4.71. The molecule has 3 amide bonds. The molecule has 1 heterocycles. The minimum absolute atomic E-state index is 0. The van der Waals surface area contributed by atoms with Gasteiger partial charge in [-0.05, 0) is 37.6 Å². The molecule has 1 aromatic rings. The minimum Gasteiger partial charge on any atom is -0.351 e. The topological polar surface area (TPSA) is 96.2 Å². The van der Waals surface area contributed by atoms with Crippen LogP contribution < -0.4 is 21.7 Å². The zero-order chi connectivity index (χ0) is 13.7. The lowest BCUT2D eigenvalue weighted by molar-refractivity contribution is -0.120. The van der Waals surface area contributed by atoms with Gasteiger partial charge in [0.25, 0.3) is 0 Å². The van der Waals surface area contributed by atoms with Crippen LogP contribution in [-0.2, 0) is 4.79 Å². The van der Waals surface area contributed by atoms with Crippen LogP contribution in [0.2, 0.25) is 0 Å². The Bertz CT molecular complexity index is 475. The number of amides is 3. The number of carbonyl (C=O) groups is 2. The van der Waals surface area contributed by atoms with Crippen molar-refractivity contribution in [3.05, 3.63) is 24.3 Å². The number of primary amides is 1. The van der Waals surface area contributed by atoms with Crippen LogP contribution in [0, 0.1) is 5.92 Å². The van der Waals surface area contributed by atoms with E-state index in [1.807, 2.05) is 0 Å². The summed E-state index contributed by atoms with van der Waals surface area (Å²) >= 11 is 0. The highest BCUT2D eigenvalue weighted by Gasteiger charge is 2.20. The van der Waals surface area contributed by atoms with Crippen LogP contribution >= 0.6 is 12.4 Å². The molecule has 0 spiro atoms. The second-order valence-corrected chi connectivity index (χ2v) is 4.60. The molecule has 5 N–H and O–H groups in total. The van der Waals surface area contributed by atoms with Crippen LogP contribution in [0.3, 0.4) is 0 Å². The van der Waals surface area contributed by atoms with Gasteiger partial charge in [-0.1, -0.05) is 6.07 Å². The summed E-state index contributed by atoms with van der Waals surface area (Å²) in [7, 11) is 0. The molecular weight excluding hydrogens is 280 g/mol. The number of nitrogens with two attached hydrogens (primary N) is 1. The van der Waals surface area contributed by atoms with Crippen molar-refractivity contribution >= 4 is 35.7 Å². The van der Waals surface area contributed by atoms with Crippen molar-refractivity contribution in [2.45, 2.75) is 12.8 Å². The van der Waals surface area contributed by atoms with E-state index in [1.54, 1.807) is 24.3 Å². The molecule has 0 aromatic heterocycles. The maximum Gasteiger partial charge on any atom is 0.316 e. The molecule has 6 nitrogen and oxygen atoms in total. The molecule has 1 aliphatic heterocycles. The van der Waals surface area contributed by atoms with Crippen LogP contribution in [0.15, 0.2) is 24.3 Å². The Kier molecular flexibility index (Phi) is 6.27. The predicted octanol–water partition coefficient (Wildman–Crippen LogP) is 1.54. The molecule has 1 fully saturated rings. The van der Waals surface area contributed by atoms with Gasteiger partial charge in [-0.2, -0.15) is 0 Å². The van der Waals surface area contributed by atoms with E-state index >= 15 is 0 Å². The monoisotopic (exact) mass is 298 g/mol. The van der Waals surface area contributed by atoms with Gasteiger partial charge in [-0.3, -0.25) is 4.79 Å². The second kappa shape index (κ2) is 7.72. The number of carbonyl (C=O) groups excluding carboxylic acids is 2. The highest BCUT2D eigenvalue weighted by atomic mass is 35.5. The van der Waals surface area contributed by atoms with Gasteiger partial charge >= 0.3 is 6.03 Å². The Hall–Kier alpha value is -1.79. The molecule has 1 atom stereocenters. The highest BCUT2D eigenvalue weighted by Crippen LogP contribution is 2.17. The van der Waals surface area contributed by atoms with E-state index in [2.05, 4.69) is 16.0 Å². The van der Waals surface area contributed by atoms with Crippen LogP contribution in [0.5, 0.6) is 0 Å². The number of halogens is 1.